The Labute approximate surface area is 185 Å². The molecule has 3 heteroatoms. The first-order valence-corrected chi connectivity index (χ1v) is 10.7. The van der Waals surface area contributed by atoms with Crippen LogP contribution >= 0.6 is 0 Å². The Morgan fingerprint density at radius 2 is 1.47 bits per heavy atom. The Morgan fingerprint density at radius 1 is 0.750 bits per heavy atom. The summed E-state index contributed by atoms with van der Waals surface area (Å²) >= 11 is 0. The van der Waals surface area contributed by atoms with Crippen LogP contribution in [0.1, 0.15) is 11.1 Å². The lowest BCUT2D eigenvalue weighted by Crippen LogP contribution is -1.88. The molecule has 6 aromatic rings. The fourth-order valence-corrected chi connectivity index (χ4v) is 4.26. The molecule has 32 heavy (non-hydrogen) atoms. The number of fused-ring (bicyclic) bond motifs is 3. The highest BCUT2D eigenvalue weighted by atomic mass is 16.3. The van der Waals surface area contributed by atoms with Gasteiger partial charge >= 0.3 is 0 Å². The highest BCUT2D eigenvalue weighted by Gasteiger charge is 2.10. The normalized spacial score (nSPS) is 11.8. The van der Waals surface area contributed by atoms with E-state index in [2.05, 4.69) is 54.6 Å². The highest BCUT2D eigenvalue weighted by molar-refractivity contribution is 6.13. The van der Waals surface area contributed by atoms with Gasteiger partial charge in [-0.1, -0.05) is 66.7 Å². The lowest BCUT2D eigenvalue weighted by atomic mass is 9.97. The zero-order valence-electron chi connectivity index (χ0n) is 17.6. The third-order valence-electron chi connectivity index (χ3n) is 5.87. The minimum absolute atomic E-state index is 0.613. The minimum atomic E-state index is 0.613. The molecule has 0 aliphatic carbocycles. The predicted octanol–water partition coefficient (Wildman–Crippen LogP) is 7.86. The second kappa shape index (κ2) is 7.47. The standard InChI is InChI=1S/C29H20N2O/c1-19-8-6-15-27-28(19)31-29(32-27)22-11-7-12-23(17-22)30-18-26-24-13-4-2-9-20(24)16-21-10-3-5-14-25(21)26/h2-18H,1H3. The van der Waals surface area contributed by atoms with Gasteiger partial charge in [-0.15, -0.1) is 0 Å². The van der Waals surface area contributed by atoms with Crippen LogP contribution in [0.5, 0.6) is 0 Å². The zero-order chi connectivity index (χ0) is 21.5. The molecule has 0 fully saturated rings. The summed E-state index contributed by atoms with van der Waals surface area (Å²) in [5.74, 6) is 0.613. The van der Waals surface area contributed by atoms with Crippen LogP contribution < -0.4 is 0 Å². The van der Waals surface area contributed by atoms with E-state index in [1.54, 1.807) is 0 Å². The van der Waals surface area contributed by atoms with Gasteiger partial charge in [-0.25, -0.2) is 4.98 Å². The Kier molecular flexibility index (Phi) is 4.32. The number of benzene rings is 5. The van der Waals surface area contributed by atoms with Gasteiger partial charge in [-0.2, -0.15) is 0 Å². The first-order valence-electron chi connectivity index (χ1n) is 10.7. The molecule has 152 valence electrons. The summed E-state index contributed by atoms with van der Waals surface area (Å²) in [7, 11) is 0. The van der Waals surface area contributed by atoms with Crippen LogP contribution in [0, 0.1) is 6.92 Å². The third kappa shape index (κ3) is 3.15. The summed E-state index contributed by atoms with van der Waals surface area (Å²) < 4.78 is 6.01. The molecule has 0 spiro atoms. The maximum Gasteiger partial charge on any atom is 0.227 e. The van der Waals surface area contributed by atoms with Crippen molar-refractivity contribution >= 4 is 44.5 Å². The number of nitrogens with zero attached hydrogens (tertiary/aromatic N) is 2. The molecule has 0 amide bonds. The van der Waals surface area contributed by atoms with Crippen LogP contribution in [0.4, 0.5) is 5.69 Å². The van der Waals surface area contributed by atoms with Gasteiger partial charge in [0.15, 0.2) is 5.58 Å². The van der Waals surface area contributed by atoms with Crippen molar-refractivity contribution in [3.05, 3.63) is 108 Å². The summed E-state index contributed by atoms with van der Waals surface area (Å²) in [6, 6.07) is 33.1. The average Bonchev–Trinajstić information content (AvgIpc) is 3.28. The molecular weight excluding hydrogens is 392 g/mol. The summed E-state index contributed by atoms with van der Waals surface area (Å²) in [5.41, 5.74) is 5.71. The van der Waals surface area contributed by atoms with Crippen LogP contribution in [-0.4, -0.2) is 11.2 Å². The second-order valence-electron chi connectivity index (χ2n) is 7.98. The van der Waals surface area contributed by atoms with Crippen molar-refractivity contribution in [2.24, 2.45) is 4.99 Å². The Morgan fingerprint density at radius 3 is 2.22 bits per heavy atom. The van der Waals surface area contributed by atoms with Crippen LogP contribution in [0.3, 0.4) is 0 Å². The Balaban J connectivity index is 1.45. The quantitative estimate of drug-likeness (QED) is 0.219. The molecule has 0 saturated heterocycles. The third-order valence-corrected chi connectivity index (χ3v) is 5.87. The van der Waals surface area contributed by atoms with Crippen LogP contribution in [0.2, 0.25) is 0 Å². The number of aliphatic imine (C=N–C) groups is 1. The lowest BCUT2D eigenvalue weighted by Gasteiger charge is -2.08. The Bertz CT molecular complexity index is 1590. The van der Waals surface area contributed by atoms with Crippen molar-refractivity contribution in [3.63, 3.8) is 0 Å². The van der Waals surface area contributed by atoms with E-state index in [4.69, 9.17) is 14.4 Å². The monoisotopic (exact) mass is 412 g/mol. The van der Waals surface area contributed by atoms with Gasteiger partial charge in [-0.05, 0) is 64.4 Å². The van der Waals surface area contributed by atoms with Gasteiger partial charge < -0.3 is 4.42 Å². The molecule has 0 saturated carbocycles. The van der Waals surface area contributed by atoms with Crippen LogP contribution in [-0.2, 0) is 0 Å². The van der Waals surface area contributed by atoms with Gasteiger partial charge in [0.2, 0.25) is 5.89 Å². The minimum Gasteiger partial charge on any atom is -0.436 e. The lowest BCUT2D eigenvalue weighted by molar-refractivity contribution is 0.620. The number of aryl methyl sites for hydroxylation is 1. The van der Waals surface area contributed by atoms with Gasteiger partial charge in [0.25, 0.3) is 0 Å². The molecule has 0 unspecified atom stereocenters. The van der Waals surface area contributed by atoms with Gasteiger partial charge in [0.1, 0.15) is 5.52 Å². The van der Waals surface area contributed by atoms with Gasteiger partial charge in [-0.3, -0.25) is 4.99 Å². The number of hydrogen-bond donors (Lipinski definition) is 0. The van der Waals surface area contributed by atoms with E-state index in [9.17, 15) is 0 Å². The summed E-state index contributed by atoms with van der Waals surface area (Å²) in [6.45, 7) is 2.05. The largest absolute Gasteiger partial charge is 0.436 e. The number of oxazole rings is 1. The van der Waals surface area contributed by atoms with Crippen molar-refractivity contribution in [1.82, 2.24) is 4.98 Å². The molecular formula is C29H20N2O. The SMILES string of the molecule is Cc1cccc2oc(-c3cccc(N=Cc4c5ccccc5cc5ccccc45)c3)nc12. The van der Waals surface area contributed by atoms with Gasteiger partial charge in [0, 0.05) is 17.3 Å². The highest BCUT2D eigenvalue weighted by Crippen LogP contribution is 2.30. The first-order chi connectivity index (χ1) is 15.8. The van der Waals surface area contributed by atoms with Crippen LogP contribution in [0.25, 0.3) is 44.1 Å². The second-order valence-corrected chi connectivity index (χ2v) is 7.98. The van der Waals surface area contributed by atoms with Crippen molar-refractivity contribution < 1.29 is 4.42 Å². The molecule has 0 N–H and O–H groups in total. The van der Waals surface area contributed by atoms with Crippen molar-refractivity contribution in [2.45, 2.75) is 6.92 Å². The van der Waals surface area contributed by atoms with E-state index in [0.717, 1.165) is 33.5 Å². The number of aromatic nitrogens is 1. The fourth-order valence-electron chi connectivity index (χ4n) is 4.26. The molecule has 0 aliphatic rings. The van der Waals surface area contributed by atoms with Crippen molar-refractivity contribution in [3.8, 4) is 11.5 Å². The topological polar surface area (TPSA) is 38.4 Å². The van der Waals surface area contributed by atoms with E-state index in [-0.39, 0.29) is 0 Å². The number of para-hydroxylation sites is 1. The maximum atomic E-state index is 6.01. The molecule has 0 radical (unpaired) electrons. The number of hydrogen-bond acceptors (Lipinski definition) is 3. The molecule has 0 aliphatic heterocycles. The van der Waals surface area contributed by atoms with Crippen molar-refractivity contribution in [2.75, 3.05) is 0 Å². The summed E-state index contributed by atoms with van der Waals surface area (Å²) in [5, 5.41) is 4.81. The van der Waals surface area contributed by atoms with Crippen LogP contribution in [0.15, 0.2) is 106 Å². The molecule has 5 aromatic carbocycles. The molecule has 0 bridgehead atoms. The van der Waals surface area contributed by atoms with Gasteiger partial charge in [0.05, 0.1) is 5.69 Å². The molecule has 6 rings (SSSR count). The predicted molar refractivity (Wildman–Crippen MR) is 133 cm³/mol. The molecule has 1 heterocycles. The summed E-state index contributed by atoms with van der Waals surface area (Å²) in [6.07, 6.45) is 1.97. The van der Waals surface area contributed by atoms with E-state index >= 15 is 0 Å². The first kappa shape index (κ1) is 18.5. The Hall–Kier alpha value is -4.24. The maximum absolute atomic E-state index is 6.01. The van der Waals surface area contributed by atoms with E-state index < -0.39 is 0 Å². The molecule has 0 atom stereocenters. The fraction of sp³-hybridized carbons (Fsp3) is 0.0345. The van der Waals surface area contributed by atoms with E-state index in [1.165, 1.54) is 21.5 Å². The smallest absolute Gasteiger partial charge is 0.227 e. The van der Waals surface area contributed by atoms with E-state index in [0.29, 0.717) is 5.89 Å². The average molecular weight is 412 g/mol. The zero-order valence-corrected chi connectivity index (χ0v) is 17.6. The number of rotatable bonds is 3. The van der Waals surface area contributed by atoms with Crippen molar-refractivity contribution in [1.29, 1.82) is 0 Å². The molecule has 1 aromatic heterocycles. The summed E-state index contributed by atoms with van der Waals surface area (Å²) in [4.78, 5) is 9.55. The van der Waals surface area contributed by atoms with E-state index in [1.807, 2.05) is 55.6 Å². The molecule has 3 nitrogen and oxygen atoms in total.